The topological polar surface area (TPSA) is 21.3 Å². The number of rotatable bonds is 6. The second-order valence-electron chi connectivity index (χ2n) is 2.44. The average molecular weight is 155 g/mol. The molecule has 0 aliphatic carbocycles. The quantitative estimate of drug-likeness (QED) is 0.578. The van der Waals surface area contributed by atoms with Crippen LogP contribution in [0.1, 0.15) is 19.8 Å². The highest BCUT2D eigenvalue weighted by molar-refractivity contribution is 4.89. The van der Waals surface area contributed by atoms with Gasteiger partial charge in [0.25, 0.3) is 0 Å². The van der Waals surface area contributed by atoms with Gasteiger partial charge in [0.05, 0.1) is 0 Å². The van der Waals surface area contributed by atoms with Crippen molar-refractivity contribution in [3.05, 3.63) is 0 Å². The molecular formula is C9H17NO. The van der Waals surface area contributed by atoms with Gasteiger partial charge in [0.15, 0.2) is 0 Å². The second kappa shape index (κ2) is 7.59. The van der Waals surface area contributed by atoms with E-state index < -0.39 is 0 Å². The molecule has 2 heteroatoms. The van der Waals surface area contributed by atoms with Gasteiger partial charge in [-0.25, -0.2) is 0 Å². The van der Waals surface area contributed by atoms with E-state index in [0.29, 0.717) is 6.04 Å². The van der Waals surface area contributed by atoms with Crippen molar-refractivity contribution in [2.45, 2.75) is 25.8 Å². The van der Waals surface area contributed by atoms with E-state index >= 15 is 0 Å². The van der Waals surface area contributed by atoms with Gasteiger partial charge in [-0.2, -0.15) is 0 Å². The van der Waals surface area contributed by atoms with Gasteiger partial charge in [0.1, 0.15) is 0 Å². The summed E-state index contributed by atoms with van der Waals surface area (Å²) in [5.41, 5.74) is 0. The summed E-state index contributed by atoms with van der Waals surface area (Å²) in [7, 11) is 1.71. The summed E-state index contributed by atoms with van der Waals surface area (Å²) in [6.45, 7) is 3.83. The lowest BCUT2D eigenvalue weighted by molar-refractivity contribution is 0.183. The molecule has 0 amide bonds. The molecule has 0 aromatic carbocycles. The Morgan fingerprint density at radius 3 is 2.82 bits per heavy atom. The summed E-state index contributed by atoms with van der Waals surface area (Å²) in [4.78, 5) is 0. The first kappa shape index (κ1) is 10.5. The lowest BCUT2D eigenvalue weighted by Crippen LogP contribution is -2.29. The van der Waals surface area contributed by atoms with E-state index in [9.17, 15) is 0 Å². The summed E-state index contributed by atoms with van der Waals surface area (Å²) in [5, 5.41) is 3.30. The molecule has 64 valence electrons. The van der Waals surface area contributed by atoms with Crippen LogP contribution in [0.15, 0.2) is 0 Å². The maximum Gasteiger partial charge on any atom is 0.0477 e. The third-order valence-corrected chi connectivity index (χ3v) is 1.53. The van der Waals surface area contributed by atoms with Crippen molar-refractivity contribution in [3.8, 4) is 12.3 Å². The first-order chi connectivity index (χ1) is 5.35. The van der Waals surface area contributed by atoms with E-state index in [1.165, 1.54) is 0 Å². The second-order valence-corrected chi connectivity index (χ2v) is 2.44. The van der Waals surface area contributed by atoms with E-state index in [2.05, 4.69) is 18.2 Å². The fourth-order valence-electron chi connectivity index (χ4n) is 0.967. The van der Waals surface area contributed by atoms with E-state index in [4.69, 9.17) is 11.2 Å². The highest BCUT2D eigenvalue weighted by atomic mass is 16.5. The smallest absolute Gasteiger partial charge is 0.0477 e. The summed E-state index contributed by atoms with van der Waals surface area (Å²) >= 11 is 0. The normalized spacial score (nSPS) is 12.5. The summed E-state index contributed by atoms with van der Waals surface area (Å²) < 4.78 is 4.96. The Bertz CT molecular complexity index is 117. The van der Waals surface area contributed by atoms with Gasteiger partial charge in [-0.05, 0) is 13.0 Å². The van der Waals surface area contributed by atoms with Crippen LogP contribution in [0.4, 0.5) is 0 Å². The fourth-order valence-corrected chi connectivity index (χ4v) is 0.967. The van der Waals surface area contributed by atoms with Crippen molar-refractivity contribution >= 4 is 0 Å². The van der Waals surface area contributed by atoms with Gasteiger partial charge in [0.2, 0.25) is 0 Å². The Labute approximate surface area is 69.3 Å². The van der Waals surface area contributed by atoms with Crippen molar-refractivity contribution in [3.63, 3.8) is 0 Å². The molecule has 0 aromatic heterocycles. The molecule has 0 fully saturated rings. The molecular weight excluding hydrogens is 138 g/mol. The molecule has 0 saturated heterocycles. The van der Waals surface area contributed by atoms with Gasteiger partial charge in [0, 0.05) is 26.2 Å². The van der Waals surface area contributed by atoms with Crippen molar-refractivity contribution in [1.29, 1.82) is 0 Å². The van der Waals surface area contributed by atoms with Crippen molar-refractivity contribution in [2.75, 3.05) is 20.3 Å². The van der Waals surface area contributed by atoms with Crippen LogP contribution < -0.4 is 5.32 Å². The first-order valence-corrected chi connectivity index (χ1v) is 4.00. The molecule has 0 heterocycles. The minimum atomic E-state index is 0.421. The van der Waals surface area contributed by atoms with Crippen molar-refractivity contribution < 1.29 is 4.74 Å². The molecule has 2 nitrogen and oxygen atoms in total. The molecule has 11 heavy (non-hydrogen) atoms. The van der Waals surface area contributed by atoms with Gasteiger partial charge in [-0.1, -0.05) is 6.92 Å². The Morgan fingerprint density at radius 1 is 1.64 bits per heavy atom. The number of ether oxygens (including phenoxy) is 1. The van der Waals surface area contributed by atoms with Gasteiger partial charge < -0.3 is 10.1 Å². The lowest BCUT2D eigenvalue weighted by atomic mass is 10.1. The van der Waals surface area contributed by atoms with E-state index in [0.717, 1.165) is 26.0 Å². The van der Waals surface area contributed by atoms with Crippen molar-refractivity contribution in [1.82, 2.24) is 5.32 Å². The van der Waals surface area contributed by atoms with Crippen LogP contribution in [0, 0.1) is 12.3 Å². The molecule has 0 aromatic rings. The van der Waals surface area contributed by atoms with Gasteiger partial charge >= 0.3 is 0 Å². The minimum absolute atomic E-state index is 0.421. The first-order valence-electron chi connectivity index (χ1n) is 4.00. The Hall–Kier alpha value is -0.520. The van der Waals surface area contributed by atoms with Gasteiger partial charge in [-0.15, -0.1) is 12.3 Å². The number of hydrogen-bond acceptors (Lipinski definition) is 2. The van der Waals surface area contributed by atoms with Crippen LogP contribution >= 0.6 is 0 Å². The molecule has 0 radical (unpaired) electrons. The van der Waals surface area contributed by atoms with E-state index in [-0.39, 0.29) is 0 Å². The Morgan fingerprint density at radius 2 is 2.36 bits per heavy atom. The summed E-state index contributed by atoms with van der Waals surface area (Å²) in [5.74, 6) is 2.64. The molecule has 0 aliphatic rings. The SMILES string of the molecule is C#CCC(CCOC)NCC. The van der Waals surface area contributed by atoms with Crippen molar-refractivity contribution in [2.24, 2.45) is 0 Å². The molecule has 1 N–H and O–H groups in total. The van der Waals surface area contributed by atoms with Crippen LogP contribution in [-0.4, -0.2) is 26.3 Å². The maximum atomic E-state index is 5.20. The monoisotopic (exact) mass is 155 g/mol. The zero-order chi connectivity index (χ0) is 8.53. The van der Waals surface area contributed by atoms with Crippen LogP contribution in [0.2, 0.25) is 0 Å². The molecule has 1 unspecified atom stereocenters. The molecule has 0 aliphatic heterocycles. The van der Waals surface area contributed by atoms with E-state index in [1.807, 2.05) is 0 Å². The standard InChI is InChI=1S/C9H17NO/c1-4-6-9(10-5-2)7-8-11-3/h1,9-10H,5-8H2,2-3H3. The van der Waals surface area contributed by atoms with E-state index in [1.54, 1.807) is 7.11 Å². The number of hydrogen-bond donors (Lipinski definition) is 1. The summed E-state index contributed by atoms with van der Waals surface area (Å²) in [6, 6.07) is 0.421. The molecule has 0 bridgehead atoms. The zero-order valence-electron chi connectivity index (χ0n) is 7.39. The van der Waals surface area contributed by atoms with Crippen LogP contribution in [0.5, 0.6) is 0 Å². The highest BCUT2D eigenvalue weighted by Gasteiger charge is 2.03. The van der Waals surface area contributed by atoms with Gasteiger partial charge in [-0.3, -0.25) is 0 Å². The van der Waals surface area contributed by atoms with Crippen LogP contribution in [0.25, 0.3) is 0 Å². The number of nitrogens with one attached hydrogen (secondary N) is 1. The maximum absolute atomic E-state index is 5.20. The molecule has 0 saturated carbocycles. The van der Waals surface area contributed by atoms with Crippen LogP contribution in [-0.2, 0) is 4.74 Å². The zero-order valence-corrected chi connectivity index (χ0v) is 7.39. The third kappa shape index (κ3) is 5.90. The Balaban J connectivity index is 3.44. The molecule has 0 spiro atoms. The predicted molar refractivity (Wildman–Crippen MR) is 47.4 cm³/mol. The largest absolute Gasteiger partial charge is 0.385 e. The summed E-state index contributed by atoms with van der Waals surface area (Å²) in [6.07, 6.45) is 6.98. The predicted octanol–water partition coefficient (Wildman–Crippen LogP) is 1.02. The fraction of sp³-hybridized carbons (Fsp3) is 0.778. The number of methoxy groups -OCH3 is 1. The highest BCUT2D eigenvalue weighted by Crippen LogP contribution is 1.96. The third-order valence-electron chi connectivity index (χ3n) is 1.53. The lowest BCUT2D eigenvalue weighted by Gasteiger charge is -2.13. The number of terminal acetylenes is 1. The molecule has 1 atom stereocenters. The minimum Gasteiger partial charge on any atom is -0.385 e. The van der Waals surface area contributed by atoms with Crippen LogP contribution in [0.3, 0.4) is 0 Å². The molecule has 0 rings (SSSR count). The Kier molecular flexibility index (Phi) is 7.23. The average Bonchev–Trinajstić information content (AvgIpc) is 2.01.